The molecule has 0 radical (unpaired) electrons. The SMILES string of the molecule is CN1CC(=O)N(CC(=O)N2CCOC(C(=O)O)C2)C1=O. The molecular weight excluding hydrogens is 270 g/mol. The number of aliphatic carboxylic acids is 1. The Labute approximate surface area is 114 Å². The highest BCUT2D eigenvalue weighted by atomic mass is 16.5. The van der Waals surface area contributed by atoms with E-state index in [1.165, 1.54) is 16.8 Å². The highest BCUT2D eigenvalue weighted by molar-refractivity contribution is 6.04. The number of nitrogens with zero attached hydrogens (tertiary/aromatic N) is 3. The molecular formula is C11H15N3O6. The van der Waals surface area contributed by atoms with Gasteiger partial charge in [0.15, 0.2) is 6.10 Å². The molecule has 110 valence electrons. The summed E-state index contributed by atoms with van der Waals surface area (Å²) in [4.78, 5) is 49.4. The third kappa shape index (κ3) is 2.72. The molecule has 0 aromatic heterocycles. The largest absolute Gasteiger partial charge is 0.479 e. The normalized spacial score (nSPS) is 23.4. The van der Waals surface area contributed by atoms with Gasteiger partial charge in [-0.3, -0.25) is 14.5 Å². The van der Waals surface area contributed by atoms with E-state index in [0.717, 1.165) is 4.90 Å². The van der Waals surface area contributed by atoms with Crippen LogP contribution < -0.4 is 0 Å². The number of ether oxygens (including phenoxy) is 1. The van der Waals surface area contributed by atoms with Gasteiger partial charge in [-0.25, -0.2) is 9.59 Å². The number of hydrogen-bond donors (Lipinski definition) is 1. The second-order valence-electron chi connectivity index (χ2n) is 4.66. The minimum atomic E-state index is -1.14. The Hall–Kier alpha value is -2.16. The van der Waals surface area contributed by atoms with Crippen LogP contribution in [0.1, 0.15) is 0 Å². The Morgan fingerprint density at radius 3 is 2.65 bits per heavy atom. The van der Waals surface area contributed by atoms with Crippen molar-refractivity contribution >= 4 is 23.8 Å². The fourth-order valence-corrected chi connectivity index (χ4v) is 2.08. The van der Waals surface area contributed by atoms with E-state index in [2.05, 4.69) is 0 Å². The molecule has 2 aliphatic heterocycles. The van der Waals surface area contributed by atoms with Gasteiger partial charge < -0.3 is 19.6 Å². The van der Waals surface area contributed by atoms with Crippen LogP contribution >= 0.6 is 0 Å². The van der Waals surface area contributed by atoms with E-state index in [9.17, 15) is 19.2 Å². The molecule has 0 aromatic rings. The Bertz CT molecular complexity index is 465. The Morgan fingerprint density at radius 1 is 1.40 bits per heavy atom. The summed E-state index contributed by atoms with van der Waals surface area (Å²) in [5, 5.41) is 8.85. The summed E-state index contributed by atoms with van der Waals surface area (Å²) in [6.45, 7) is -0.138. The number of carboxylic acid groups (broad SMARTS) is 1. The van der Waals surface area contributed by atoms with Crippen molar-refractivity contribution in [2.45, 2.75) is 6.10 Å². The summed E-state index contributed by atoms with van der Waals surface area (Å²) in [7, 11) is 1.47. The first kappa shape index (κ1) is 14.3. The average molecular weight is 285 g/mol. The number of carboxylic acids is 1. The van der Waals surface area contributed by atoms with Crippen LogP contribution in [0.15, 0.2) is 0 Å². The number of rotatable bonds is 3. The number of amides is 4. The number of morpholine rings is 1. The molecule has 9 nitrogen and oxygen atoms in total. The summed E-state index contributed by atoms with van der Waals surface area (Å²) >= 11 is 0. The smallest absolute Gasteiger partial charge is 0.334 e. The lowest BCUT2D eigenvalue weighted by Crippen LogP contribution is -2.51. The maximum atomic E-state index is 12.0. The molecule has 20 heavy (non-hydrogen) atoms. The van der Waals surface area contributed by atoms with E-state index in [4.69, 9.17) is 9.84 Å². The minimum Gasteiger partial charge on any atom is -0.479 e. The molecule has 2 saturated heterocycles. The molecule has 0 aromatic carbocycles. The molecule has 2 rings (SSSR count). The van der Waals surface area contributed by atoms with Crippen LogP contribution in [0.3, 0.4) is 0 Å². The molecule has 0 bridgehead atoms. The van der Waals surface area contributed by atoms with Crippen molar-refractivity contribution in [1.82, 2.24) is 14.7 Å². The molecule has 2 heterocycles. The molecule has 1 N–H and O–H groups in total. The standard InChI is InChI=1S/C11H15N3O6/c1-12-5-9(16)14(11(12)19)6-8(15)13-2-3-20-7(4-13)10(17)18/h7H,2-6H2,1H3,(H,17,18). The molecule has 1 unspecified atom stereocenters. The van der Waals surface area contributed by atoms with Gasteiger partial charge in [-0.1, -0.05) is 0 Å². The third-order valence-electron chi connectivity index (χ3n) is 3.22. The van der Waals surface area contributed by atoms with E-state index in [1.54, 1.807) is 0 Å². The summed E-state index contributed by atoms with van der Waals surface area (Å²) in [5.74, 6) is -2.04. The van der Waals surface area contributed by atoms with Gasteiger partial charge >= 0.3 is 12.0 Å². The molecule has 4 amide bonds. The summed E-state index contributed by atoms with van der Waals surface area (Å²) in [5.41, 5.74) is 0. The number of hydrogen-bond acceptors (Lipinski definition) is 5. The lowest BCUT2D eigenvalue weighted by Gasteiger charge is -2.31. The summed E-state index contributed by atoms with van der Waals surface area (Å²) < 4.78 is 5.00. The van der Waals surface area contributed by atoms with Crippen LogP contribution in [0, 0.1) is 0 Å². The van der Waals surface area contributed by atoms with Crippen LogP contribution in [-0.2, 0) is 19.1 Å². The number of urea groups is 1. The second-order valence-corrected chi connectivity index (χ2v) is 4.66. The quantitative estimate of drug-likeness (QED) is 0.613. The number of likely N-dealkylation sites (N-methyl/N-ethyl adjacent to an activating group) is 1. The van der Waals surface area contributed by atoms with Gasteiger partial charge in [0.25, 0.3) is 5.91 Å². The van der Waals surface area contributed by atoms with E-state index in [0.29, 0.717) is 0 Å². The van der Waals surface area contributed by atoms with Crippen molar-refractivity contribution < 1.29 is 29.0 Å². The second kappa shape index (κ2) is 5.45. The Kier molecular flexibility index (Phi) is 3.89. The third-order valence-corrected chi connectivity index (χ3v) is 3.22. The fraction of sp³-hybridized carbons (Fsp3) is 0.636. The molecule has 2 fully saturated rings. The highest BCUT2D eigenvalue weighted by Crippen LogP contribution is 2.10. The number of carbonyl (C=O) groups excluding carboxylic acids is 3. The maximum Gasteiger partial charge on any atom is 0.334 e. The van der Waals surface area contributed by atoms with Crippen molar-refractivity contribution in [1.29, 1.82) is 0 Å². The molecule has 0 saturated carbocycles. The van der Waals surface area contributed by atoms with Crippen molar-refractivity contribution in [3.05, 3.63) is 0 Å². The van der Waals surface area contributed by atoms with Crippen LogP contribution in [0.5, 0.6) is 0 Å². The predicted octanol–water partition coefficient (Wildman–Crippen LogP) is -1.81. The Balaban J connectivity index is 1.96. The molecule has 0 spiro atoms. The van der Waals surface area contributed by atoms with Crippen molar-refractivity contribution in [2.24, 2.45) is 0 Å². The monoisotopic (exact) mass is 285 g/mol. The summed E-state index contributed by atoms with van der Waals surface area (Å²) in [6, 6.07) is -0.522. The van der Waals surface area contributed by atoms with Crippen molar-refractivity contribution in [3.63, 3.8) is 0 Å². The van der Waals surface area contributed by atoms with Crippen molar-refractivity contribution in [2.75, 3.05) is 39.8 Å². The van der Waals surface area contributed by atoms with Crippen LogP contribution in [0.2, 0.25) is 0 Å². The van der Waals surface area contributed by atoms with Gasteiger partial charge in [0.2, 0.25) is 5.91 Å². The maximum absolute atomic E-state index is 12.0. The van der Waals surface area contributed by atoms with Gasteiger partial charge in [-0.15, -0.1) is 0 Å². The Morgan fingerprint density at radius 2 is 2.10 bits per heavy atom. The van der Waals surface area contributed by atoms with Gasteiger partial charge in [-0.05, 0) is 0 Å². The molecule has 9 heteroatoms. The van der Waals surface area contributed by atoms with Crippen LogP contribution in [0.4, 0.5) is 4.79 Å². The van der Waals surface area contributed by atoms with E-state index in [1.807, 2.05) is 0 Å². The zero-order valence-electron chi connectivity index (χ0n) is 10.9. The van der Waals surface area contributed by atoms with Gasteiger partial charge in [0.1, 0.15) is 13.1 Å². The van der Waals surface area contributed by atoms with E-state index >= 15 is 0 Å². The first-order valence-electron chi connectivity index (χ1n) is 6.08. The van der Waals surface area contributed by atoms with Gasteiger partial charge in [-0.2, -0.15) is 0 Å². The number of carbonyl (C=O) groups is 4. The summed E-state index contributed by atoms with van der Waals surface area (Å²) in [6.07, 6.45) is -1.07. The lowest BCUT2D eigenvalue weighted by atomic mass is 10.2. The fourth-order valence-electron chi connectivity index (χ4n) is 2.08. The molecule has 0 aliphatic carbocycles. The van der Waals surface area contributed by atoms with Gasteiger partial charge in [0, 0.05) is 13.6 Å². The van der Waals surface area contributed by atoms with Crippen LogP contribution in [0.25, 0.3) is 0 Å². The van der Waals surface area contributed by atoms with Crippen molar-refractivity contribution in [3.8, 4) is 0 Å². The average Bonchev–Trinajstić information content (AvgIpc) is 2.65. The van der Waals surface area contributed by atoms with E-state index < -0.39 is 29.9 Å². The lowest BCUT2D eigenvalue weighted by molar-refractivity contribution is -0.160. The first-order chi connectivity index (χ1) is 9.40. The highest BCUT2D eigenvalue weighted by Gasteiger charge is 2.37. The number of imide groups is 1. The van der Waals surface area contributed by atoms with Crippen LogP contribution in [-0.4, -0.2) is 89.6 Å². The topological polar surface area (TPSA) is 107 Å². The predicted molar refractivity (Wildman–Crippen MR) is 63.7 cm³/mol. The molecule has 2 aliphatic rings. The zero-order chi connectivity index (χ0) is 14.9. The van der Waals surface area contributed by atoms with Gasteiger partial charge in [0.05, 0.1) is 13.2 Å². The van der Waals surface area contributed by atoms with E-state index in [-0.39, 0.29) is 32.8 Å². The molecule has 1 atom stereocenters. The first-order valence-corrected chi connectivity index (χ1v) is 6.08. The zero-order valence-corrected chi connectivity index (χ0v) is 10.9. The minimum absolute atomic E-state index is 0.0486.